The number of aromatic nitrogens is 2. The average molecular weight is 942 g/mol. The predicted octanol–water partition coefficient (Wildman–Crippen LogP) is 12.6. The number of thiophene rings is 1. The van der Waals surface area contributed by atoms with Crippen LogP contribution in [0.4, 0.5) is 4.39 Å². The van der Waals surface area contributed by atoms with Gasteiger partial charge >= 0.3 is 106 Å². The van der Waals surface area contributed by atoms with Crippen molar-refractivity contribution < 1.29 is 24.5 Å². The zero-order chi connectivity index (χ0) is 35.8. The second kappa shape index (κ2) is 15.9. The van der Waals surface area contributed by atoms with E-state index < -0.39 is 13.3 Å². The summed E-state index contributed by atoms with van der Waals surface area (Å²) in [4.78, 5) is 9.32. The number of nitrogens with zero attached hydrogens (tertiary/aromatic N) is 2. The Morgan fingerprint density at radius 1 is 0.788 bits per heavy atom. The van der Waals surface area contributed by atoms with E-state index in [9.17, 15) is 4.39 Å². The van der Waals surface area contributed by atoms with Gasteiger partial charge in [0.25, 0.3) is 0 Å². The maximum absolute atomic E-state index is 14.7. The fourth-order valence-corrected chi connectivity index (χ4v) is 12.4. The van der Waals surface area contributed by atoms with E-state index in [1.165, 1.54) is 47.3 Å². The Balaban J connectivity index is 0.000000218. The summed E-state index contributed by atoms with van der Waals surface area (Å²) in [5.74, 6) is 7.73. The molecule has 1 radical (unpaired) electrons. The first kappa shape index (κ1) is 38.3. The van der Waals surface area contributed by atoms with Crippen LogP contribution in [0.2, 0.25) is 17.3 Å². The van der Waals surface area contributed by atoms with E-state index >= 15 is 0 Å². The molecule has 2 nitrogen and oxygen atoms in total. The Labute approximate surface area is 328 Å². The van der Waals surface area contributed by atoms with Crippen LogP contribution in [-0.2, 0) is 25.5 Å². The van der Waals surface area contributed by atoms with Crippen molar-refractivity contribution in [2.24, 2.45) is 5.92 Å². The Kier molecular flexibility index (Phi) is 11.7. The molecule has 0 atom stereocenters. The van der Waals surface area contributed by atoms with E-state index in [4.69, 9.17) is 4.98 Å². The topological polar surface area (TPSA) is 25.8 Å². The number of fused-ring (bicyclic) bond motifs is 3. The van der Waals surface area contributed by atoms with Crippen LogP contribution in [0.15, 0.2) is 109 Å². The number of hydrogen-bond acceptors (Lipinski definition) is 3. The maximum atomic E-state index is 14.7. The van der Waals surface area contributed by atoms with Crippen molar-refractivity contribution in [2.45, 2.75) is 69.1 Å². The SMILES string of the molecule is CC(C)(c1ccnc(-c2[c-]cc3sc4cccc(-c5ccccc5F)c4c3c2)c1)C1CCCC1.Cc1cc(-c2[c-]cccc2)nc[c]1[Ge]([CH3])([CH3])[CH3].[Ir]. The number of pyridine rings is 2. The second-order valence-corrected chi connectivity index (χ2v) is 27.1. The van der Waals surface area contributed by atoms with Gasteiger partial charge in [-0.2, -0.15) is 11.3 Å². The van der Waals surface area contributed by atoms with Gasteiger partial charge in [-0.3, -0.25) is 0 Å². The van der Waals surface area contributed by atoms with Gasteiger partial charge in [-0.25, -0.2) is 4.39 Å². The summed E-state index contributed by atoms with van der Waals surface area (Å²) in [6.07, 6.45) is 9.31. The third-order valence-corrected chi connectivity index (χ3v) is 16.3. The molecule has 0 amide bonds. The van der Waals surface area contributed by atoms with Crippen LogP contribution in [0.5, 0.6) is 0 Å². The average Bonchev–Trinajstić information content (AvgIpc) is 3.81. The number of rotatable bonds is 6. The van der Waals surface area contributed by atoms with E-state index in [1.54, 1.807) is 17.4 Å². The van der Waals surface area contributed by atoms with Crippen molar-refractivity contribution in [1.82, 2.24) is 9.97 Å². The minimum Gasteiger partial charge on any atom is 0 e. The largest absolute Gasteiger partial charge is 0 e. The molecular weight excluding hydrogens is 896 g/mol. The molecule has 1 aliphatic rings. The summed E-state index contributed by atoms with van der Waals surface area (Å²) in [6, 6.07) is 38.8. The van der Waals surface area contributed by atoms with Gasteiger partial charge in [-0.05, 0) is 69.3 Å². The first-order chi connectivity index (χ1) is 24.5. The normalized spacial score (nSPS) is 13.5. The molecule has 0 saturated heterocycles. The minimum absolute atomic E-state index is 0. The molecule has 0 bridgehead atoms. The van der Waals surface area contributed by atoms with E-state index in [-0.39, 0.29) is 31.3 Å². The van der Waals surface area contributed by atoms with Crippen molar-refractivity contribution in [3.63, 3.8) is 0 Å². The quantitative estimate of drug-likeness (QED) is 0.123. The summed E-state index contributed by atoms with van der Waals surface area (Å²) in [7, 11) is 0. The van der Waals surface area contributed by atoms with Crippen molar-refractivity contribution in [2.75, 3.05) is 0 Å². The van der Waals surface area contributed by atoms with E-state index in [0.29, 0.717) is 5.56 Å². The van der Waals surface area contributed by atoms with Gasteiger partial charge in [0.1, 0.15) is 5.82 Å². The summed E-state index contributed by atoms with van der Waals surface area (Å²) in [6.45, 7) is 6.95. The maximum Gasteiger partial charge on any atom is 0 e. The Hall–Kier alpha value is -3.48. The van der Waals surface area contributed by atoms with Gasteiger partial charge in [0.05, 0.1) is 0 Å². The van der Waals surface area contributed by atoms with Crippen LogP contribution in [0.25, 0.3) is 53.8 Å². The van der Waals surface area contributed by atoms with Crippen molar-refractivity contribution in [3.05, 3.63) is 139 Å². The van der Waals surface area contributed by atoms with Gasteiger partial charge in [0.15, 0.2) is 0 Å². The Bertz CT molecular complexity index is 2320. The number of hydrogen-bond donors (Lipinski definition) is 0. The van der Waals surface area contributed by atoms with Gasteiger partial charge < -0.3 is 4.98 Å². The number of benzene rings is 4. The molecule has 52 heavy (non-hydrogen) atoms. The summed E-state index contributed by atoms with van der Waals surface area (Å²) in [5.41, 5.74) is 8.46. The Morgan fingerprint density at radius 3 is 2.23 bits per heavy atom. The van der Waals surface area contributed by atoms with Gasteiger partial charge in [-0.1, -0.05) is 68.5 Å². The van der Waals surface area contributed by atoms with Gasteiger partial charge in [-0.15, -0.1) is 23.8 Å². The van der Waals surface area contributed by atoms with E-state index in [0.717, 1.165) is 54.2 Å². The summed E-state index contributed by atoms with van der Waals surface area (Å²) < 4.78 is 18.5. The van der Waals surface area contributed by atoms with E-state index in [1.807, 2.05) is 48.7 Å². The molecule has 1 saturated carbocycles. The van der Waals surface area contributed by atoms with Gasteiger partial charge in [0, 0.05) is 36.6 Å². The molecular formula is C46H45FGeIrN2S-2. The molecule has 0 aliphatic heterocycles. The fourth-order valence-electron chi connectivity index (χ4n) is 7.73. The van der Waals surface area contributed by atoms with Crippen LogP contribution in [0.1, 0.15) is 50.7 Å². The monoisotopic (exact) mass is 943 g/mol. The minimum atomic E-state index is -1.77. The molecule has 0 unspecified atom stereocenters. The smallest absolute Gasteiger partial charge is 0 e. The Morgan fingerprint density at radius 2 is 1.52 bits per heavy atom. The molecule has 1 aliphatic carbocycles. The molecule has 7 aromatic rings. The van der Waals surface area contributed by atoms with Gasteiger partial charge in [0.2, 0.25) is 0 Å². The first-order valence-electron chi connectivity index (χ1n) is 18.0. The molecule has 267 valence electrons. The number of halogens is 1. The fraction of sp³-hybridized carbons (Fsp3) is 0.261. The molecule has 6 heteroatoms. The van der Waals surface area contributed by atoms with Crippen LogP contribution in [0.3, 0.4) is 0 Å². The van der Waals surface area contributed by atoms with Crippen molar-refractivity contribution in [3.8, 4) is 33.6 Å². The molecule has 1 fully saturated rings. The molecule has 8 rings (SSSR count). The molecule has 3 heterocycles. The van der Waals surface area contributed by atoms with Crippen LogP contribution in [0, 0.1) is 30.8 Å². The third-order valence-electron chi connectivity index (χ3n) is 10.7. The third kappa shape index (κ3) is 7.89. The van der Waals surface area contributed by atoms with Crippen molar-refractivity contribution in [1.29, 1.82) is 0 Å². The molecule has 4 aromatic carbocycles. The molecule has 0 spiro atoms. The van der Waals surface area contributed by atoms with Crippen LogP contribution in [-0.4, -0.2) is 23.2 Å². The zero-order valence-corrected chi connectivity index (χ0v) is 36.1. The predicted molar refractivity (Wildman–Crippen MR) is 218 cm³/mol. The molecule has 3 aromatic heterocycles. The van der Waals surface area contributed by atoms with Crippen molar-refractivity contribution >= 4 is 49.2 Å². The zero-order valence-electron chi connectivity index (χ0n) is 30.8. The molecule has 0 N–H and O–H groups in total. The first-order valence-corrected chi connectivity index (χ1v) is 26.2. The van der Waals surface area contributed by atoms with Crippen LogP contribution >= 0.6 is 11.3 Å². The number of aryl methyl sites for hydroxylation is 1. The standard InChI is InChI=1S/C31H27FNS.C15H18GeN.Ir/c1-31(2,21-8-3-4-9-21)22-16-17-33-27(19-22)20-14-15-28-25(18-20)30-24(11-7-13-29(30)34-28)23-10-5-6-12-26(23)32;1-12-10-15(13-8-6-5-7-9-13)17-11-14(12)16(2,3)4;/h5-7,10-13,15-19,21H,3-4,8-9H2,1-2H3;5-8,10-11H,1-4H3;/q2*-1;. The summed E-state index contributed by atoms with van der Waals surface area (Å²) in [5, 5.41) is 2.24. The van der Waals surface area contributed by atoms with E-state index in [2.05, 4.69) is 104 Å². The second-order valence-electron chi connectivity index (χ2n) is 15.4. The summed E-state index contributed by atoms with van der Waals surface area (Å²) >= 11 is -0.0422. The van der Waals surface area contributed by atoms with Crippen LogP contribution < -0.4 is 4.40 Å².